The molecule has 0 amide bonds. The van der Waals surface area contributed by atoms with Crippen LogP contribution in [0.4, 0.5) is 10.2 Å². The lowest BCUT2D eigenvalue weighted by molar-refractivity contribution is 0.629. The van der Waals surface area contributed by atoms with E-state index in [4.69, 9.17) is 5.26 Å². The molecule has 0 bridgehead atoms. The molecule has 0 aliphatic carbocycles. The van der Waals surface area contributed by atoms with Gasteiger partial charge in [0.25, 0.3) is 0 Å². The van der Waals surface area contributed by atoms with Gasteiger partial charge in [-0.05, 0) is 30.2 Å². The normalized spacial score (nSPS) is 14.5. The van der Waals surface area contributed by atoms with Crippen LogP contribution in [0.1, 0.15) is 17.7 Å². The Morgan fingerprint density at radius 1 is 1.25 bits per heavy atom. The van der Waals surface area contributed by atoms with Gasteiger partial charge in [0.2, 0.25) is 0 Å². The molecule has 3 heterocycles. The molecule has 0 unspecified atom stereocenters. The largest absolute Gasteiger partial charge is 0.360 e. The molecule has 118 valence electrons. The highest BCUT2D eigenvalue weighted by molar-refractivity contribution is 5.93. The van der Waals surface area contributed by atoms with Gasteiger partial charge in [-0.25, -0.2) is 14.4 Å². The maximum Gasteiger partial charge on any atom is 0.158 e. The van der Waals surface area contributed by atoms with Crippen molar-refractivity contribution in [1.82, 2.24) is 15.0 Å². The summed E-state index contributed by atoms with van der Waals surface area (Å²) in [6.07, 6.45) is 8.09. The van der Waals surface area contributed by atoms with Gasteiger partial charge in [0.05, 0.1) is 12.4 Å². The number of rotatable bonds is 2. The molecule has 4 rings (SSSR count). The van der Waals surface area contributed by atoms with Crippen molar-refractivity contribution < 1.29 is 4.39 Å². The minimum atomic E-state index is -0.237. The number of anilines is 1. The summed E-state index contributed by atoms with van der Waals surface area (Å²) >= 11 is 0. The van der Waals surface area contributed by atoms with Crippen LogP contribution in [0, 0.1) is 17.1 Å². The van der Waals surface area contributed by atoms with E-state index in [2.05, 4.69) is 25.9 Å². The molecule has 1 N–H and O–H groups in total. The van der Waals surface area contributed by atoms with Crippen molar-refractivity contribution in [2.75, 3.05) is 18.0 Å². The summed E-state index contributed by atoms with van der Waals surface area (Å²) in [5.74, 6) is 0.532. The number of aromatic amines is 1. The zero-order chi connectivity index (χ0) is 16.5. The summed E-state index contributed by atoms with van der Waals surface area (Å²) in [6.45, 7) is 1.55. The molecular weight excluding hydrogens is 305 g/mol. The van der Waals surface area contributed by atoms with Gasteiger partial charge in [-0.2, -0.15) is 5.26 Å². The summed E-state index contributed by atoms with van der Waals surface area (Å²) in [5.41, 5.74) is 3.49. The predicted octanol–water partition coefficient (Wildman–Crippen LogP) is 3.26. The smallest absolute Gasteiger partial charge is 0.158 e. The van der Waals surface area contributed by atoms with Crippen molar-refractivity contribution in [2.45, 2.75) is 6.42 Å². The molecule has 6 heteroatoms. The first-order valence-corrected chi connectivity index (χ1v) is 7.68. The third-order valence-corrected chi connectivity index (χ3v) is 4.28. The second-order valence-corrected chi connectivity index (χ2v) is 5.69. The molecule has 5 nitrogen and oxygen atoms in total. The highest BCUT2D eigenvalue weighted by Gasteiger charge is 2.17. The van der Waals surface area contributed by atoms with Gasteiger partial charge in [0, 0.05) is 35.8 Å². The van der Waals surface area contributed by atoms with Crippen LogP contribution < -0.4 is 4.90 Å². The molecule has 1 aliphatic rings. The zero-order valence-corrected chi connectivity index (χ0v) is 12.8. The van der Waals surface area contributed by atoms with Crippen molar-refractivity contribution in [2.24, 2.45) is 0 Å². The number of nitriles is 1. The van der Waals surface area contributed by atoms with Gasteiger partial charge in [-0.3, -0.25) is 0 Å². The second-order valence-electron chi connectivity index (χ2n) is 5.69. The summed E-state index contributed by atoms with van der Waals surface area (Å²) in [5, 5.41) is 9.82. The fourth-order valence-electron chi connectivity index (χ4n) is 3.03. The van der Waals surface area contributed by atoms with Crippen LogP contribution in [0.25, 0.3) is 16.5 Å². The van der Waals surface area contributed by atoms with Gasteiger partial charge in [0.15, 0.2) is 5.69 Å². The third-order valence-electron chi connectivity index (χ3n) is 4.28. The first-order chi connectivity index (χ1) is 11.7. The van der Waals surface area contributed by atoms with Gasteiger partial charge in [-0.15, -0.1) is 0 Å². The van der Waals surface area contributed by atoms with Crippen molar-refractivity contribution in [3.8, 4) is 6.07 Å². The minimum absolute atomic E-state index is 0.237. The monoisotopic (exact) mass is 319 g/mol. The van der Waals surface area contributed by atoms with Crippen LogP contribution in [0.2, 0.25) is 0 Å². The molecule has 2 aromatic heterocycles. The number of aromatic nitrogens is 3. The fraction of sp³-hybridized carbons (Fsp3) is 0.167. The lowest BCUT2D eigenvalue weighted by Crippen LogP contribution is -2.29. The predicted molar refractivity (Wildman–Crippen MR) is 89.8 cm³/mol. The molecule has 0 saturated heterocycles. The average Bonchev–Trinajstić information content (AvgIpc) is 3.05. The van der Waals surface area contributed by atoms with E-state index in [1.807, 2.05) is 18.3 Å². The van der Waals surface area contributed by atoms with Crippen molar-refractivity contribution in [1.29, 1.82) is 5.26 Å². The summed E-state index contributed by atoms with van der Waals surface area (Å²) < 4.78 is 13.3. The molecular formula is C18H14FN5. The van der Waals surface area contributed by atoms with Crippen molar-refractivity contribution in [3.05, 3.63) is 59.9 Å². The van der Waals surface area contributed by atoms with Crippen LogP contribution in [0.5, 0.6) is 0 Å². The van der Waals surface area contributed by atoms with E-state index in [0.29, 0.717) is 5.69 Å². The van der Waals surface area contributed by atoms with E-state index in [9.17, 15) is 4.39 Å². The summed E-state index contributed by atoms with van der Waals surface area (Å²) in [4.78, 5) is 13.6. The number of hydrogen-bond donors (Lipinski definition) is 1. The first kappa shape index (κ1) is 14.4. The maximum atomic E-state index is 13.3. The lowest BCUT2D eigenvalue weighted by Gasteiger charge is -2.27. The second kappa shape index (κ2) is 5.78. The zero-order valence-electron chi connectivity index (χ0n) is 12.8. The lowest BCUT2D eigenvalue weighted by atomic mass is 9.99. The van der Waals surface area contributed by atoms with Gasteiger partial charge in [0.1, 0.15) is 17.7 Å². The fourth-order valence-corrected chi connectivity index (χ4v) is 3.03. The van der Waals surface area contributed by atoms with Gasteiger partial charge < -0.3 is 9.88 Å². The number of halogens is 1. The Bertz CT molecular complexity index is 965. The maximum absolute atomic E-state index is 13.3. The Morgan fingerprint density at radius 3 is 2.88 bits per heavy atom. The Morgan fingerprint density at radius 2 is 2.17 bits per heavy atom. The van der Waals surface area contributed by atoms with Crippen LogP contribution in [-0.2, 0) is 0 Å². The van der Waals surface area contributed by atoms with Crippen molar-refractivity contribution in [3.63, 3.8) is 0 Å². The Hall–Kier alpha value is -3.20. The van der Waals surface area contributed by atoms with E-state index >= 15 is 0 Å². The highest BCUT2D eigenvalue weighted by atomic mass is 19.1. The topological polar surface area (TPSA) is 68.6 Å². The molecule has 1 aromatic carbocycles. The number of nitrogens with one attached hydrogen (secondary N) is 1. The minimum Gasteiger partial charge on any atom is -0.360 e. The van der Waals surface area contributed by atoms with Crippen molar-refractivity contribution >= 4 is 22.3 Å². The molecule has 24 heavy (non-hydrogen) atoms. The van der Waals surface area contributed by atoms with E-state index < -0.39 is 0 Å². The SMILES string of the molecule is N#Cc1cnc(N2CC=C(c3c[nH]c4cc(F)ccc34)CC2)cn1. The van der Waals surface area contributed by atoms with Crippen LogP contribution in [0.15, 0.2) is 42.9 Å². The van der Waals surface area contributed by atoms with Crippen LogP contribution >= 0.6 is 0 Å². The highest BCUT2D eigenvalue weighted by Crippen LogP contribution is 2.30. The molecule has 1 aliphatic heterocycles. The van der Waals surface area contributed by atoms with Gasteiger partial charge in [-0.1, -0.05) is 6.08 Å². The molecule has 0 spiro atoms. The number of H-pyrrole nitrogens is 1. The third kappa shape index (κ3) is 2.50. The molecule has 0 saturated carbocycles. The quantitative estimate of drug-likeness (QED) is 0.787. The first-order valence-electron chi connectivity index (χ1n) is 7.68. The number of hydrogen-bond acceptors (Lipinski definition) is 4. The summed E-state index contributed by atoms with van der Waals surface area (Å²) in [6, 6.07) is 6.79. The van der Waals surface area contributed by atoms with E-state index in [-0.39, 0.29) is 5.82 Å². The van der Waals surface area contributed by atoms with Crippen LogP contribution in [0.3, 0.4) is 0 Å². The number of nitrogens with zero attached hydrogens (tertiary/aromatic N) is 4. The number of benzene rings is 1. The standard InChI is InChI=1S/C18H14FN5/c19-13-1-2-15-16(10-22-17(15)7-13)12-3-5-24(6-4-12)18-11-21-14(8-20)9-23-18/h1-3,7,9-11,22H,4-6H2. The molecule has 3 aromatic rings. The molecule has 0 radical (unpaired) electrons. The number of fused-ring (bicyclic) bond motifs is 1. The van der Waals surface area contributed by atoms with E-state index in [0.717, 1.165) is 41.8 Å². The van der Waals surface area contributed by atoms with Gasteiger partial charge >= 0.3 is 0 Å². The molecule has 0 fully saturated rings. The Labute approximate surface area is 138 Å². The van der Waals surface area contributed by atoms with E-state index in [1.54, 1.807) is 6.20 Å². The Balaban J connectivity index is 1.58. The summed E-state index contributed by atoms with van der Waals surface area (Å²) in [7, 11) is 0. The van der Waals surface area contributed by atoms with Crippen LogP contribution in [-0.4, -0.2) is 28.0 Å². The van der Waals surface area contributed by atoms with E-state index in [1.165, 1.54) is 23.9 Å². The molecule has 0 atom stereocenters. The Kier molecular flexibility index (Phi) is 3.47. The average molecular weight is 319 g/mol.